The molecule has 0 aromatic heterocycles. The smallest absolute Gasteiger partial charge is 0.224 e. The van der Waals surface area contributed by atoms with Crippen LogP contribution in [0.3, 0.4) is 0 Å². The number of hydrogen-bond acceptors (Lipinski definition) is 2. The molecule has 2 aromatic rings. The molecule has 1 unspecified atom stereocenters. The summed E-state index contributed by atoms with van der Waals surface area (Å²) in [6, 6.07) is 8.93. The van der Waals surface area contributed by atoms with Crippen molar-refractivity contribution in [3.05, 3.63) is 57.6 Å². The predicted molar refractivity (Wildman–Crippen MR) is 126 cm³/mol. The van der Waals surface area contributed by atoms with Crippen molar-refractivity contribution in [2.75, 3.05) is 11.9 Å². The standard InChI is InChI=1S/C27H37NO2/c1-16(2)20-9-11-21(12-10-20)17(3)24-19(5)25(28-23(29)15-27(6,7)8)18(4)22-13-14-30-26(22)24/h9-12,16-17H,13-15H2,1-8H3,(H,28,29). The number of carbonyl (C=O) groups excluding carboxylic acids is 1. The van der Waals surface area contributed by atoms with Crippen molar-refractivity contribution < 1.29 is 9.53 Å². The summed E-state index contributed by atoms with van der Waals surface area (Å²) in [5.74, 6) is 1.82. The number of nitrogens with one attached hydrogen (secondary N) is 1. The number of rotatable bonds is 5. The van der Waals surface area contributed by atoms with Crippen LogP contribution in [0.15, 0.2) is 24.3 Å². The summed E-state index contributed by atoms with van der Waals surface area (Å²) in [6.07, 6.45) is 1.40. The Morgan fingerprint density at radius 2 is 1.63 bits per heavy atom. The van der Waals surface area contributed by atoms with Gasteiger partial charge in [0.1, 0.15) is 5.75 Å². The highest BCUT2D eigenvalue weighted by Gasteiger charge is 2.29. The number of carbonyl (C=O) groups is 1. The van der Waals surface area contributed by atoms with Gasteiger partial charge in [0.05, 0.1) is 6.61 Å². The van der Waals surface area contributed by atoms with Crippen molar-refractivity contribution >= 4 is 11.6 Å². The highest BCUT2D eigenvalue weighted by molar-refractivity contribution is 5.93. The Kier molecular flexibility index (Phi) is 6.31. The molecule has 3 rings (SSSR count). The number of benzene rings is 2. The summed E-state index contributed by atoms with van der Waals surface area (Å²) >= 11 is 0. The van der Waals surface area contributed by atoms with Crippen molar-refractivity contribution in [1.82, 2.24) is 0 Å². The Morgan fingerprint density at radius 3 is 2.20 bits per heavy atom. The van der Waals surface area contributed by atoms with Crippen LogP contribution in [0.4, 0.5) is 5.69 Å². The lowest BCUT2D eigenvalue weighted by Gasteiger charge is -2.25. The molecule has 3 heteroatoms. The molecule has 1 amide bonds. The topological polar surface area (TPSA) is 38.3 Å². The first-order valence-electron chi connectivity index (χ1n) is 11.2. The van der Waals surface area contributed by atoms with Crippen LogP contribution >= 0.6 is 0 Å². The summed E-state index contributed by atoms with van der Waals surface area (Å²) in [5, 5.41) is 3.24. The largest absolute Gasteiger partial charge is 0.493 e. The Hall–Kier alpha value is -2.29. The Labute approximate surface area is 182 Å². The fraction of sp³-hybridized carbons (Fsp3) is 0.519. The van der Waals surface area contributed by atoms with Gasteiger partial charge in [0, 0.05) is 35.6 Å². The second-order valence-electron chi connectivity index (χ2n) is 10.3. The molecule has 1 atom stereocenters. The van der Waals surface area contributed by atoms with E-state index in [4.69, 9.17) is 4.74 Å². The van der Waals surface area contributed by atoms with Gasteiger partial charge in [-0.1, -0.05) is 65.8 Å². The summed E-state index contributed by atoms with van der Waals surface area (Å²) < 4.78 is 6.12. The first-order valence-corrected chi connectivity index (χ1v) is 11.2. The molecule has 2 aromatic carbocycles. The number of amides is 1. The van der Waals surface area contributed by atoms with E-state index >= 15 is 0 Å². The molecule has 30 heavy (non-hydrogen) atoms. The number of anilines is 1. The third kappa shape index (κ3) is 4.55. The van der Waals surface area contributed by atoms with Crippen LogP contribution in [0.2, 0.25) is 0 Å². The van der Waals surface area contributed by atoms with Crippen LogP contribution in [0.1, 0.15) is 93.2 Å². The second-order valence-corrected chi connectivity index (χ2v) is 10.3. The highest BCUT2D eigenvalue weighted by atomic mass is 16.5. The highest BCUT2D eigenvalue weighted by Crippen LogP contribution is 2.45. The molecule has 0 saturated heterocycles. The summed E-state index contributed by atoms with van der Waals surface area (Å²) in [5.41, 5.74) is 8.27. The van der Waals surface area contributed by atoms with E-state index in [0.29, 0.717) is 18.9 Å². The maximum atomic E-state index is 12.7. The van der Waals surface area contributed by atoms with E-state index in [9.17, 15) is 4.79 Å². The van der Waals surface area contributed by atoms with Crippen LogP contribution in [-0.4, -0.2) is 12.5 Å². The van der Waals surface area contributed by atoms with Crippen LogP contribution in [0.25, 0.3) is 0 Å². The molecular formula is C27H37NO2. The molecule has 0 aliphatic carbocycles. The average molecular weight is 408 g/mol. The fourth-order valence-electron chi connectivity index (χ4n) is 4.50. The monoisotopic (exact) mass is 407 g/mol. The first-order chi connectivity index (χ1) is 14.0. The SMILES string of the molecule is Cc1c2c(c(C(C)c3ccc(C(C)C)cc3)c(C)c1NC(=O)CC(C)(C)C)OCC2. The molecule has 0 saturated carbocycles. The lowest BCUT2D eigenvalue weighted by Crippen LogP contribution is -2.21. The molecule has 0 radical (unpaired) electrons. The summed E-state index contributed by atoms with van der Waals surface area (Å²) in [7, 11) is 0. The van der Waals surface area contributed by atoms with Gasteiger partial charge < -0.3 is 10.1 Å². The molecule has 1 aliphatic heterocycles. The van der Waals surface area contributed by atoms with Crippen LogP contribution in [0.5, 0.6) is 5.75 Å². The normalized spacial score (nSPS) is 14.4. The van der Waals surface area contributed by atoms with Crippen molar-refractivity contribution in [1.29, 1.82) is 0 Å². The van der Waals surface area contributed by atoms with Gasteiger partial charge >= 0.3 is 0 Å². The van der Waals surface area contributed by atoms with Gasteiger partial charge in [-0.2, -0.15) is 0 Å². The summed E-state index contributed by atoms with van der Waals surface area (Å²) in [4.78, 5) is 12.7. The van der Waals surface area contributed by atoms with Crippen LogP contribution in [0, 0.1) is 19.3 Å². The first kappa shape index (κ1) is 22.4. The van der Waals surface area contributed by atoms with E-state index in [1.807, 2.05) is 0 Å². The molecule has 3 nitrogen and oxygen atoms in total. The van der Waals surface area contributed by atoms with E-state index in [-0.39, 0.29) is 17.2 Å². The van der Waals surface area contributed by atoms with E-state index in [1.54, 1.807) is 0 Å². The van der Waals surface area contributed by atoms with Gasteiger partial charge in [0.15, 0.2) is 0 Å². The zero-order valence-electron chi connectivity index (χ0n) is 19.9. The van der Waals surface area contributed by atoms with Crippen molar-refractivity contribution in [3.8, 4) is 5.75 Å². The maximum absolute atomic E-state index is 12.7. The minimum Gasteiger partial charge on any atom is -0.493 e. The minimum absolute atomic E-state index is 0.0417. The molecule has 0 spiro atoms. The Morgan fingerprint density at radius 1 is 1.03 bits per heavy atom. The number of ether oxygens (including phenoxy) is 1. The number of hydrogen-bond donors (Lipinski definition) is 1. The fourth-order valence-corrected chi connectivity index (χ4v) is 4.50. The Balaban J connectivity index is 2.04. The van der Waals surface area contributed by atoms with Gasteiger partial charge in [0.2, 0.25) is 5.91 Å². The Bertz CT molecular complexity index is 933. The molecular weight excluding hydrogens is 370 g/mol. The van der Waals surface area contributed by atoms with E-state index in [0.717, 1.165) is 29.0 Å². The van der Waals surface area contributed by atoms with E-state index < -0.39 is 0 Å². The molecule has 0 fully saturated rings. The molecule has 162 valence electrons. The lowest BCUT2D eigenvalue weighted by molar-refractivity contribution is -0.117. The van der Waals surface area contributed by atoms with Crippen molar-refractivity contribution in [2.24, 2.45) is 5.41 Å². The van der Waals surface area contributed by atoms with Crippen molar-refractivity contribution in [2.45, 2.75) is 80.1 Å². The summed E-state index contributed by atoms with van der Waals surface area (Å²) in [6.45, 7) is 17.9. The number of fused-ring (bicyclic) bond motifs is 1. The lowest BCUT2D eigenvalue weighted by atomic mass is 9.84. The second kappa shape index (κ2) is 8.45. The van der Waals surface area contributed by atoms with Crippen LogP contribution in [-0.2, 0) is 11.2 Å². The maximum Gasteiger partial charge on any atom is 0.224 e. The van der Waals surface area contributed by atoms with E-state index in [2.05, 4.69) is 85.0 Å². The molecule has 1 aliphatic rings. The zero-order valence-corrected chi connectivity index (χ0v) is 19.9. The minimum atomic E-state index is -0.0417. The van der Waals surface area contributed by atoms with Gasteiger partial charge in [-0.25, -0.2) is 0 Å². The predicted octanol–water partition coefficient (Wildman–Crippen LogP) is 6.89. The molecule has 1 N–H and O–H groups in total. The third-order valence-electron chi connectivity index (χ3n) is 6.22. The van der Waals surface area contributed by atoms with Gasteiger partial charge in [-0.15, -0.1) is 0 Å². The quantitative estimate of drug-likeness (QED) is 0.586. The van der Waals surface area contributed by atoms with Gasteiger partial charge in [-0.05, 0) is 47.4 Å². The molecule has 0 bridgehead atoms. The van der Waals surface area contributed by atoms with Crippen LogP contribution < -0.4 is 10.1 Å². The van der Waals surface area contributed by atoms with E-state index in [1.165, 1.54) is 22.3 Å². The van der Waals surface area contributed by atoms with Crippen molar-refractivity contribution in [3.63, 3.8) is 0 Å². The average Bonchev–Trinajstić information content (AvgIpc) is 3.13. The van der Waals surface area contributed by atoms with Gasteiger partial charge in [0.25, 0.3) is 0 Å². The zero-order chi connectivity index (χ0) is 22.2. The molecule has 1 heterocycles. The third-order valence-corrected chi connectivity index (χ3v) is 6.22. The van der Waals surface area contributed by atoms with Gasteiger partial charge in [-0.3, -0.25) is 4.79 Å².